The summed E-state index contributed by atoms with van der Waals surface area (Å²) in [5.41, 5.74) is 2.02. The molecular weight excluding hydrogens is 394 g/mol. The van der Waals surface area contributed by atoms with Gasteiger partial charge < -0.3 is 26.2 Å². The number of carboxylic acids is 2. The molecule has 160 valence electrons. The van der Waals surface area contributed by atoms with E-state index in [1.165, 1.54) is 0 Å². The molecule has 29 heavy (non-hydrogen) atoms. The lowest BCUT2D eigenvalue weighted by Gasteiger charge is -2.26. The maximum Gasteiger partial charge on any atom is 0.317 e. The molecule has 0 bridgehead atoms. The summed E-state index contributed by atoms with van der Waals surface area (Å²) >= 11 is 5.10. The van der Waals surface area contributed by atoms with Crippen LogP contribution in [0.15, 0.2) is 24.3 Å². The Morgan fingerprint density at radius 2 is 1.72 bits per heavy atom. The second-order valence-corrected chi connectivity index (χ2v) is 7.46. The highest BCUT2D eigenvalue weighted by Crippen LogP contribution is 2.12. The SMILES string of the molecule is CNC(=S)Nc1ccc(CC2CN(CC(=O)O)CCN(CC(=O)O)CCN2)cc1. The lowest BCUT2D eigenvalue weighted by atomic mass is 10.0. The van der Waals surface area contributed by atoms with E-state index in [4.69, 9.17) is 17.3 Å². The van der Waals surface area contributed by atoms with Crippen molar-refractivity contribution in [3.63, 3.8) is 0 Å². The molecule has 0 saturated carbocycles. The number of carboxylic acid groups (broad SMARTS) is 2. The Kier molecular flexibility index (Phi) is 9.26. The molecule has 1 aromatic rings. The number of thiocarbonyl (C=S) groups is 1. The Bertz CT molecular complexity index is 700. The molecule has 1 unspecified atom stereocenters. The molecule has 2 rings (SSSR count). The number of carbonyl (C=O) groups is 2. The van der Waals surface area contributed by atoms with Crippen LogP contribution in [0.2, 0.25) is 0 Å². The number of hydrogen-bond donors (Lipinski definition) is 5. The summed E-state index contributed by atoms with van der Waals surface area (Å²) in [6, 6.07) is 8.02. The van der Waals surface area contributed by atoms with Gasteiger partial charge in [-0.1, -0.05) is 12.1 Å². The van der Waals surface area contributed by atoms with Gasteiger partial charge in [0.25, 0.3) is 0 Å². The van der Waals surface area contributed by atoms with Gasteiger partial charge in [-0.15, -0.1) is 0 Å². The first-order chi connectivity index (χ1) is 13.9. The Balaban J connectivity index is 2.02. The third-order valence-corrected chi connectivity index (χ3v) is 5.02. The lowest BCUT2D eigenvalue weighted by molar-refractivity contribution is -0.140. The molecule has 1 aliphatic heterocycles. The van der Waals surface area contributed by atoms with Crippen LogP contribution in [0, 0.1) is 0 Å². The van der Waals surface area contributed by atoms with Gasteiger partial charge in [0.2, 0.25) is 0 Å². The second kappa shape index (κ2) is 11.7. The third-order valence-electron chi connectivity index (χ3n) is 4.71. The van der Waals surface area contributed by atoms with Crippen molar-refractivity contribution in [3.05, 3.63) is 29.8 Å². The molecule has 9 nitrogen and oxygen atoms in total. The lowest BCUT2D eigenvalue weighted by Crippen LogP contribution is -2.44. The van der Waals surface area contributed by atoms with Crippen molar-refractivity contribution in [2.24, 2.45) is 0 Å². The van der Waals surface area contributed by atoms with Crippen LogP contribution >= 0.6 is 12.2 Å². The maximum absolute atomic E-state index is 11.2. The summed E-state index contributed by atoms with van der Waals surface area (Å²) in [5.74, 6) is -1.76. The zero-order chi connectivity index (χ0) is 21.2. The minimum Gasteiger partial charge on any atom is -0.480 e. The van der Waals surface area contributed by atoms with Crippen molar-refractivity contribution in [2.75, 3.05) is 58.2 Å². The molecule has 1 fully saturated rings. The van der Waals surface area contributed by atoms with E-state index >= 15 is 0 Å². The van der Waals surface area contributed by atoms with Crippen LogP contribution < -0.4 is 16.0 Å². The summed E-state index contributed by atoms with van der Waals surface area (Å²) in [4.78, 5) is 26.0. The molecule has 1 aliphatic rings. The largest absolute Gasteiger partial charge is 0.480 e. The quantitative estimate of drug-likeness (QED) is 0.380. The van der Waals surface area contributed by atoms with Crippen molar-refractivity contribution >= 4 is 35.0 Å². The van der Waals surface area contributed by atoms with E-state index in [0.717, 1.165) is 17.7 Å². The van der Waals surface area contributed by atoms with E-state index in [9.17, 15) is 14.7 Å². The monoisotopic (exact) mass is 423 g/mol. The standard InChI is InChI=1S/C19H29N5O4S/c1-20-19(29)22-15-4-2-14(3-5-15)10-16-11-24(13-18(27)28)9-8-23(7-6-21-16)12-17(25)26/h2-5,16,21H,6-13H2,1H3,(H,25,26)(H,27,28)(H2,20,22,29). The summed E-state index contributed by atoms with van der Waals surface area (Å²) in [6.07, 6.45) is 0.742. The van der Waals surface area contributed by atoms with Gasteiger partial charge in [-0.05, 0) is 36.3 Å². The number of benzene rings is 1. The molecule has 0 radical (unpaired) electrons. The van der Waals surface area contributed by atoms with Crippen molar-refractivity contribution < 1.29 is 19.8 Å². The molecule has 1 aromatic carbocycles. The maximum atomic E-state index is 11.2. The average Bonchev–Trinajstić information content (AvgIpc) is 2.74. The average molecular weight is 424 g/mol. The Morgan fingerprint density at radius 3 is 2.34 bits per heavy atom. The van der Waals surface area contributed by atoms with E-state index in [2.05, 4.69) is 16.0 Å². The zero-order valence-corrected chi connectivity index (χ0v) is 17.4. The van der Waals surface area contributed by atoms with Crippen molar-refractivity contribution in [2.45, 2.75) is 12.5 Å². The molecule has 5 N–H and O–H groups in total. The Labute approximate surface area is 176 Å². The van der Waals surface area contributed by atoms with Crippen molar-refractivity contribution in [1.82, 2.24) is 20.4 Å². The second-order valence-electron chi connectivity index (χ2n) is 7.05. The number of nitrogens with one attached hydrogen (secondary N) is 3. The van der Waals surface area contributed by atoms with E-state index < -0.39 is 11.9 Å². The molecule has 10 heteroatoms. The van der Waals surface area contributed by atoms with Gasteiger partial charge in [-0.2, -0.15) is 0 Å². The molecule has 1 atom stereocenters. The van der Waals surface area contributed by atoms with Crippen LogP contribution in [0.25, 0.3) is 0 Å². The molecular formula is C19H29N5O4S. The van der Waals surface area contributed by atoms with E-state index in [0.29, 0.717) is 37.8 Å². The van der Waals surface area contributed by atoms with Gasteiger partial charge in [-0.3, -0.25) is 19.4 Å². The predicted octanol–water partition coefficient (Wildman–Crippen LogP) is -0.110. The fourth-order valence-electron chi connectivity index (χ4n) is 3.31. The first kappa shape index (κ1) is 23.0. The smallest absolute Gasteiger partial charge is 0.317 e. The molecule has 1 heterocycles. The number of aliphatic carboxylic acids is 2. The number of nitrogens with zero attached hydrogens (tertiary/aromatic N) is 2. The highest BCUT2D eigenvalue weighted by atomic mass is 32.1. The van der Waals surface area contributed by atoms with E-state index in [1.54, 1.807) is 7.05 Å². The summed E-state index contributed by atoms with van der Waals surface area (Å²) in [7, 11) is 1.76. The molecule has 0 amide bonds. The van der Waals surface area contributed by atoms with Crippen LogP contribution in [0.3, 0.4) is 0 Å². The van der Waals surface area contributed by atoms with Gasteiger partial charge in [0.15, 0.2) is 5.11 Å². The van der Waals surface area contributed by atoms with Gasteiger partial charge >= 0.3 is 11.9 Å². The van der Waals surface area contributed by atoms with Crippen molar-refractivity contribution in [3.8, 4) is 0 Å². The van der Waals surface area contributed by atoms with Gasteiger partial charge in [-0.25, -0.2) is 0 Å². The number of hydrogen-bond acceptors (Lipinski definition) is 6. The predicted molar refractivity (Wildman–Crippen MR) is 115 cm³/mol. The number of rotatable bonds is 7. The number of anilines is 1. The highest BCUT2D eigenvalue weighted by molar-refractivity contribution is 7.80. The normalized spacial score (nSPS) is 18.9. The summed E-state index contributed by atoms with van der Waals surface area (Å²) < 4.78 is 0. The molecule has 0 aromatic heterocycles. The van der Waals surface area contributed by atoms with E-state index in [1.807, 2.05) is 34.1 Å². The van der Waals surface area contributed by atoms with Gasteiger partial charge in [0, 0.05) is 51.5 Å². The molecule has 1 saturated heterocycles. The topological polar surface area (TPSA) is 117 Å². The first-order valence-corrected chi connectivity index (χ1v) is 9.96. The fourth-order valence-corrected chi connectivity index (χ4v) is 3.43. The Hall–Kier alpha value is -2.27. The van der Waals surface area contributed by atoms with Crippen molar-refractivity contribution in [1.29, 1.82) is 0 Å². The van der Waals surface area contributed by atoms with Crippen LogP contribution in [-0.2, 0) is 16.0 Å². The third kappa shape index (κ3) is 8.73. The Morgan fingerprint density at radius 1 is 1.10 bits per heavy atom. The van der Waals surface area contributed by atoms with Crippen LogP contribution in [0.1, 0.15) is 5.56 Å². The molecule has 0 spiro atoms. The zero-order valence-electron chi connectivity index (χ0n) is 16.6. The first-order valence-electron chi connectivity index (χ1n) is 9.55. The fraction of sp³-hybridized carbons (Fsp3) is 0.526. The van der Waals surface area contributed by atoms with Crippen LogP contribution in [0.4, 0.5) is 5.69 Å². The van der Waals surface area contributed by atoms with Gasteiger partial charge in [0.05, 0.1) is 13.1 Å². The van der Waals surface area contributed by atoms with Gasteiger partial charge in [0.1, 0.15) is 0 Å². The minimum atomic E-state index is -0.885. The summed E-state index contributed by atoms with van der Waals surface area (Å²) in [5, 5.41) is 28.2. The van der Waals surface area contributed by atoms with Crippen LogP contribution in [-0.4, -0.2) is 96.0 Å². The van der Waals surface area contributed by atoms with Crippen LogP contribution in [0.5, 0.6) is 0 Å². The highest BCUT2D eigenvalue weighted by Gasteiger charge is 2.21. The minimum absolute atomic E-state index is 0.0454. The molecule has 0 aliphatic carbocycles. The summed E-state index contributed by atoms with van der Waals surface area (Å²) in [6.45, 7) is 2.77. The van der Waals surface area contributed by atoms with E-state index in [-0.39, 0.29) is 19.1 Å².